The van der Waals surface area contributed by atoms with Gasteiger partial charge >= 0.3 is 0 Å². The van der Waals surface area contributed by atoms with Gasteiger partial charge in [0.05, 0.1) is 10.9 Å². The van der Waals surface area contributed by atoms with E-state index in [-0.39, 0.29) is 10.8 Å². The summed E-state index contributed by atoms with van der Waals surface area (Å²) >= 11 is 0. The summed E-state index contributed by atoms with van der Waals surface area (Å²) in [5.74, 6) is -0.369. The molecule has 0 spiro atoms. The summed E-state index contributed by atoms with van der Waals surface area (Å²) < 4.78 is 27.0. The largest absolute Gasteiger partial charge is 0.358 e. The molecule has 1 unspecified atom stereocenters. The van der Waals surface area contributed by atoms with E-state index in [1.165, 1.54) is 14.0 Å². The van der Waals surface area contributed by atoms with Crippen molar-refractivity contribution in [2.75, 3.05) is 7.05 Å². The van der Waals surface area contributed by atoms with E-state index in [9.17, 15) is 13.2 Å². The van der Waals surface area contributed by atoms with Crippen molar-refractivity contribution in [2.24, 2.45) is 0 Å². The van der Waals surface area contributed by atoms with Gasteiger partial charge in [0.1, 0.15) is 0 Å². The van der Waals surface area contributed by atoms with Crippen molar-refractivity contribution in [1.82, 2.24) is 10.0 Å². The van der Waals surface area contributed by atoms with E-state index in [2.05, 4.69) is 10.0 Å². The van der Waals surface area contributed by atoms with Gasteiger partial charge in [-0.2, -0.15) is 4.72 Å². The molecule has 0 saturated carbocycles. The number of carbonyl (C=O) groups is 1. The van der Waals surface area contributed by atoms with Crippen molar-refractivity contribution in [2.45, 2.75) is 38.6 Å². The molecule has 0 fully saturated rings. The van der Waals surface area contributed by atoms with Crippen LogP contribution in [-0.2, 0) is 14.8 Å². The maximum atomic E-state index is 12.3. The van der Waals surface area contributed by atoms with Crippen molar-refractivity contribution < 1.29 is 13.2 Å². The van der Waals surface area contributed by atoms with Gasteiger partial charge in [-0.1, -0.05) is 17.7 Å². The third-order valence-electron chi connectivity index (χ3n) is 2.85. The van der Waals surface area contributed by atoms with E-state index in [0.717, 1.165) is 5.56 Å². The van der Waals surface area contributed by atoms with Crippen LogP contribution in [0.25, 0.3) is 0 Å². The van der Waals surface area contributed by atoms with Crippen molar-refractivity contribution in [3.8, 4) is 0 Å². The van der Waals surface area contributed by atoms with Crippen molar-refractivity contribution >= 4 is 15.9 Å². The molecule has 106 valence electrons. The molecule has 1 aromatic rings. The van der Waals surface area contributed by atoms with Crippen molar-refractivity contribution in [3.63, 3.8) is 0 Å². The van der Waals surface area contributed by atoms with Crippen LogP contribution in [0, 0.1) is 20.8 Å². The Hall–Kier alpha value is -1.40. The molecule has 1 rings (SSSR count). The lowest BCUT2D eigenvalue weighted by molar-refractivity contribution is -0.121. The molecule has 1 amide bonds. The van der Waals surface area contributed by atoms with Crippen LogP contribution in [0.4, 0.5) is 0 Å². The molecule has 0 saturated heterocycles. The first-order valence-corrected chi connectivity index (χ1v) is 7.49. The molecule has 19 heavy (non-hydrogen) atoms. The quantitative estimate of drug-likeness (QED) is 0.867. The van der Waals surface area contributed by atoms with Gasteiger partial charge in [0.15, 0.2) is 0 Å². The number of hydrogen-bond donors (Lipinski definition) is 2. The first kappa shape index (κ1) is 15.7. The van der Waals surface area contributed by atoms with E-state index in [1.54, 1.807) is 13.8 Å². The van der Waals surface area contributed by atoms with Crippen molar-refractivity contribution in [1.29, 1.82) is 0 Å². The molecule has 5 nitrogen and oxygen atoms in total. The Balaban J connectivity index is 3.18. The number of amides is 1. The number of likely N-dealkylation sites (N-methyl/N-ethyl adjacent to an activating group) is 1. The average Bonchev–Trinajstić information content (AvgIpc) is 2.24. The van der Waals surface area contributed by atoms with Crippen LogP contribution in [0.1, 0.15) is 23.6 Å². The molecule has 1 aromatic carbocycles. The van der Waals surface area contributed by atoms with Crippen LogP contribution in [0.5, 0.6) is 0 Å². The predicted octanol–water partition coefficient (Wildman–Crippen LogP) is 1.02. The van der Waals surface area contributed by atoms with Gasteiger partial charge in [0.25, 0.3) is 0 Å². The summed E-state index contributed by atoms with van der Waals surface area (Å²) in [6.45, 7) is 6.92. The number of carbonyl (C=O) groups excluding carboxylic acids is 1. The van der Waals surface area contributed by atoms with Gasteiger partial charge in [-0.15, -0.1) is 0 Å². The van der Waals surface area contributed by atoms with Crippen LogP contribution in [0.3, 0.4) is 0 Å². The fourth-order valence-electron chi connectivity index (χ4n) is 2.15. The first-order valence-electron chi connectivity index (χ1n) is 6.01. The Bertz CT molecular complexity index is 571. The predicted molar refractivity (Wildman–Crippen MR) is 74.5 cm³/mol. The zero-order chi connectivity index (χ0) is 14.8. The summed E-state index contributed by atoms with van der Waals surface area (Å²) in [4.78, 5) is 11.7. The smallest absolute Gasteiger partial charge is 0.241 e. The fourth-order valence-corrected chi connectivity index (χ4v) is 3.81. The lowest BCUT2D eigenvalue weighted by atomic mass is 10.1. The molecule has 0 heterocycles. The van der Waals surface area contributed by atoms with E-state index in [0.29, 0.717) is 11.1 Å². The van der Waals surface area contributed by atoms with Gasteiger partial charge < -0.3 is 5.32 Å². The first-order chi connectivity index (χ1) is 8.69. The number of benzene rings is 1. The third-order valence-corrected chi connectivity index (χ3v) is 4.69. The molecule has 2 N–H and O–H groups in total. The Morgan fingerprint density at radius 2 is 1.63 bits per heavy atom. The summed E-state index contributed by atoms with van der Waals surface area (Å²) in [6.07, 6.45) is 0. The summed E-state index contributed by atoms with van der Waals surface area (Å²) in [6, 6.07) is 2.81. The minimum atomic E-state index is -3.70. The second kappa shape index (κ2) is 5.71. The zero-order valence-electron chi connectivity index (χ0n) is 11.9. The normalized spacial score (nSPS) is 13.1. The second-order valence-electron chi connectivity index (χ2n) is 4.69. The Morgan fingerprint density at radius 1 is 1.16 bits per heavy atom. The molecule has 0 aliphatic heterocycles. The number of rotatable bonds is 4. The Morgan fingerprint density at radius 3 is 2.05 bits per heavy atom. The molecule has 0 radical (unpaired) electrons. The highest BCUT2D eigenvalue weighted by Crippen LogP contribution is 2.21. The SMILES string of the molecule is CNC(=O)C(C)NS(=O)(=O)c1c(C)cc(C)cc1C. The van der Waals surface area contributed by atoms with Gasteiger partial charge in [-0.3, -0.25) is 4.79 Å². The molecule has 0 aliphatic carbocycles. The lowest BCUT2D eigenvalue weighted by Gasteiger charge is -2.16. The van der Waals surface area contributed by atoms with Crippen LogP contribution < -0.4 is 10.0 Å². The topological polar surface area (TPSA) is 75.3 Å². The maximum Gasteiger partial charge on any atom is 0.241 e. The fraction of sp³-hybridized carbons (Fsp3) is 0.462. The lowest BCUT2D eigenvalue weighted by Crippen LogP contribution is -2.43. The monoisotopic (exact) mass is 284 g/mol. The van der Waals surface area contributed by atoms with Crippen LogP contribution in [0.2, 0.25) is 0 Å². The van der Waals surface area contributed by atoms with Gasteiger partial charge in [0.2, 0.25) is 15.9 Å². The highest BCUT2D eigenvalue weighted by molar-refractivity contribution is 7.89. The third kappa shape index (κ3) is 3.54. The molecular weight excluding hydrogens is 264 g/mol. The summed E-state index contributed by atoms with van der Waals surface area (Å²) in [5.41, 5.74) is 2.36. The van der Waals surface area contributed by atoms with Crippen LogP contribution in [-0.4, -0.2) is 27.4 Å². The Labute approximate surface area is 114 Å². The van der Waals surface area contributed by atoms with E-state index >= 15 is 0 Å². The van der Waals surface area contributed by atoms with E-state index in [1.807, 2.05) is 19.1 Å². The highest BCUT2D eigenvalue weighted by Gasteiger charge is 2.24. The highest BCUT2D eigenvalue weighted by atomic mass is 32.2. The van der Waals surface area contributed by atoms with Gasteiger partial charge in [-0.25, -0.2) is 8.42 Å². The molecule has 1 atom stereocenters. The van der Waals surface area contributed by atoms with Crippen LogP contribution in [0.15, 0.2) is 17.0 Å². The number of aryl methyl sites for hydroxylation is 3. The minimum absolute atomic E-state index is 0.244. The maximum absolute atomic E-state index is 12.3. The minimum Gasteiger partial charge on any atom is -0.358 e. The van der Waals surface area contributed by atoms with Crippen LogP contribution >= 0.6 is 0 Å². The molecule has 0 bridgehead atoms. The molecule has 0 aliphatic rings. The number of sulfonamides is 1. The zero-order valence-corrected chi connectivity index (χ0v) is 12.7. The van der Waals surface area contributed by atoms with Gasteiger partial charge in [-0.05, 0) is 38.8 Å². The standard InChI is InChI=1S/C13H20N2O3S/c1-8-6-9(2)12(10(3)7-8)19(17,18)15-11(4)13(16)14-5/h6-7,11,15H,1-5H3,(H,14,16). The number of nitrogens with one attached hydrogen (secondary N) is 2. The molecule has 0 aromatic heterocycles. The summed E-state index contributed by atoms with van der Waals surface area (Å²) in [5, 5.41) is 2.41. The number of hydrogen-bond acceptors (Lipinski definition) is 3. The molecule has 6 heteroatoms. The Kier molecular flexibility index (Phi) is 4.70. The van der Waals surface area contributed by atoms with Crippen molar-refractivity contribution in [3.05, 3.63) is 28.8 Å². The van der Waals surface area contributed by atoms with E-state index in [4.69, 9.17) is 0 Å². The molecular formula is C13H20N2O3S. The summed E-state index contributed by atoms with van der Waals surface area (Å²) in [7, 11) is -2.24. The average molecular weight is 284 g/mol. The second-order valence-corrected chi connectivity index (χ2v) is 6.34. The van der Waals surface area contributed by atoms with E-state index < -0.39 is 16.1 Å². The van der Waals surface area contributed by atoms with Gasteiger partial charge in [0, 0.05) is 7.05 Å².